The van der Waals surface area contributed by atoms with Gasteiger partial charge in [0.05, 0.1) is 6.10 Å². The maximum Gasteiger partial charge on any atom is 0.248 e. The van der Waals surface area contributed by atoms with Crippen molar-refractivity contribution < 1.29 is 18.7 Å². The van der Waals surface area contributed by atoms with Crippen LogP contribution in [0.4, 0.5) is 8.78 Å². The summed E-state index contributed by atoms with van der Waals surface area (Å²) in [6.45, 7) is 0.680. The van der Waals surface area contributed by atoms with Crippen LogP contribution in [0.1, 0.15) is 27.6 Å². The van der Waals surface area contributed by atoms with Crippen molar-refractivity contribution in [2.45, 2.75) is 12.6 Å². The van der Waals surface area contributed by atoms with E-state index in [4.69, 9.17) is 5.73 Å². The van der Waals surface area contributed by atoms with Gasteiger partial charge in [-0.15, -0.1) is 0 Å². The van der Waals surface area contributed by atoms with Gasteiger partial charge in [-0.25, -0.2) is 8.78 Å². The first kappa shape index (κ1) is 17.1. The monoisotopic (exact) mass is 320 g/mol. The number of nitrogens with zero attached hydrogens (tertiary/aromatic N) is 1. The molecule has 0 saturated heterocycles. The van der Waals surface area contributed by atoms with E-state index < -0.39 is 23.6 Å². The summed E-state index contributed by atoms with van der Waals surface area (Å²) in [6.07, 6.45) is -1.06. The second-order valence-electron chi connectivity index (χ2n) is 5.44. The third-order valence-corrected chi connectivity index (χ3v) is 3.50. The van der Waals surface area contributed by atoms with Crippen LogP contribution < -0.4 is 5.73 Å². The second kappa shape index (κ2) is 7.30. The number of hydrogen-bond donors (Lipinski definition) is 2. The number of carbonyl (C=O) groups is 1. The molecular formula is C17H18F2N2O2. The van der Waals surface area contributed by atoms with Crippen LogP contribution in [0.15, 0.2) is 42.5 Å². The normalized spacial score (nSPS) is 12.4. The van der Waals surface area contributed by atoms with Gasteiger partial charge in [-0.3, -0.25) is 9.69 Å². The van der Waals surface area contributed by atoms with Crippen molar-refractivity contribution in [1.29, 1.82) is 0 Å². The predicted molar refractivity (Wildman–Crippen MR) is 82.6 cm³/mol. The lowest BCUT2D eigenvalue weighted by atomic mass is 10.1. The fourth-order valence-electron chi connectivity index (χ4n) is 2.32. The molecule has 122 valence electrons. The molecule has 23 heavy (non-hydrogen) atoms. The number of carbonyl (C=O) groups excluding carboxylic acids is 1. The van der Waals surface area contributed by atoms with Crippen LogP contribution in [-0.2, 0) is 6.54 Å². The first-order valence-corrected chi connectivity index (χ1v) is 7.07. The molecule has 2 aromatic rings. The van der Waals surface area contributed by atoms with E-state index in [1.165, 1.54) is 6.07 Å². The van der Waals surface area contributed by atoms with Crippen LogP contribution in [0.3, 0.4) is 0 Å². The Morgan fingerprint density at radius 3 is 2.43 bits per heavy atom. The minimum Gasteiger partial charge on any atom is -0.387 e. The Labute approximate surface area is 133 Å². The van der Waals surface area contributed by atoms with Gasteiger partial charge in [0.15, 0.2) is 0 Å². The van der Waals surface area contributed by atoms with Crippen molar-refractivity contribution in [3.63, 3.8) is 0 Å². The van der Waals surface area contributed by atoms with E-state index in [0.29, 0.717) is 12.1 Å². The first-order valence-electron chi connectivity index (χ1n) is 7.07. The van der Waals surface area contributed by atoms with Crippen molar-refractivity contribution in [2.24, 2.45) is 5.73 Å². The highest BCUT2D eigenvalue weighted by Gasteiger charge is 2.15. The molecule has 2 aromatic carbocycles. The summed E-state index contributed by atoms with van der Waals surface area (Å²) in [4.78, 5) is 12.8. The maximum atomic E-state index is 13.6. The summed E-state index contributed by atoms with van der Waals surface area (Å²) in [6, 6.07) is 9.89. The first-order chi connectivity index (χ1) is 10.9. The standard InChI is InChI=1S/C17H18F2N2O2/c1-21(9-11-2-4-12(5-3-11)17(20)23)10-16(22)14-7-6-13(18)8-15(14)19/h2-8,16,22H,9-10H2,1H3,(H2,20,23)/t16-/m0/s1. The molecule has 1 amide bonds. The molecule has 0 radical (unpaired) electrons. The van der Waals surface area contributed by atoms with Crippen LogP contribution in [0, 0.1) is 11.6 Å². The molecule has 2 rings (SSSR count). The van der Waals surface area contributed by atoms with Crippen molar-refractivity contribution >= 4 is 5.91 Å². The highest BCUT2D eigenvalue weighted by atomic mass is 19.1. The van der Waals surface area contributed by atoms with Crippen molar-refractivity contribution in [2.75, 3.05) is 13.6 Å². The van der Waals surface area contributed by atoms with Gasteiger partial charge in [-0.1, -0.05) is 18.2 Å². The van der Waals surface area contributed by atoms with Gasteiger partial charge < -0.3 is 10.8 Å². The molecule has 0 spiro atoms. The van der Waals surface area contributed by atoms with Crippen molar-refractivity contribution in [3.05, 3.63) is 70.8 Å². The molecule has 0 fully saturated rings. The molecule has 0 aromatic heterocycles. The Hall–Kier alpha value is -2.31. The molecule has 0 unspecified atom stereocenters. The third kappa shape index (κ3) is 4.58. The lowest BCUT2D eigenvalue weighted by Gasteiger charge is -2.21. The summed E-state index contributed by atoms with van der Waals surface area (Å²) < 4.78 is 26.5. The Morgan fingerprint density at radius 2 is 1.87 bits per heavy atom. The summed E-state index contributed by atoms with van der Waals surface area (Å²) in [5.41, 5.74) is 6.58. The zero-order valence-corrected chi connectivity index (χ0v) is 12.7. The van der Waals surface area contributed by atoms with E-state index in [-0.39, 0.29) is 12.1 Å². The number of primary amides is 1. The SMILES string of the molecule is CN(Cc1ccc(C(N)=O)cc1)C[C@H](O)c1ccc(F)cc1F. The minimum absolute atomic E-state index is 0.0577. The number of amides is 1. The topological polar surface area (TPSA) is 66.6 Å². The summed E-state index contributed by atoms with van der Waals surface area (Å²) in [5.74, 6) is -1.94. The van der Waals surface area contributed by atoms with Crippen molar-refractivity contribution in [1.82, 2.24) is 4.90 Å². The molecule has 6 heteroatoms. The number of aliphatic hydroxyl groups is 1. The molecule has 0 aliphatic carbocycles. The number of hydrogen-bond acceptors (Lipinski definition) is 3. The van der Waals surface area contributed by atoms with Crippen LogP contribution >= 0.6 is 0 Å². The van der Waals surface area contributed by atoms with E-state index in [2.05, 4.69) is 0 Å². The fraction of sp³-hybridized carbons (Fsp3) is 0.235. The van der Waals surface area contributed by atoms with Crippen molar-refractivity contribution in [3.8, 4) is 0 Å². The van der Waals surface area contributed by atoms with Gasteiger partial charge in [0.1, 0.15) is 11.6 Å². The molecule has 4 nitrogen and oxygen atoms in total. The number of nitrogens with two attached hydrogens (primary N) is 1. The summed E-state index contributed by atoms with van der Waals surface area (Å²) in [7, 11) is 1.77. The fourth-order valence-corrected chi connectivity index (χ4v) is 2.32. The number of aliphatic hydroxyl groups excluding tert-OH is 1. The number of halogens is 2. The van der Waals surface area contributed by atoms with Crippen LogP contribution in [0.5, 0.6) is 0 Å². The smallest absolute Gasteiger partial charge is 0.248 e. The van der Waals surface area contributed by atoms with E-state index in [0.717, 1.165) is 17.7 Å². The molecule has 3 N–H and O–H groups in total. The summed E-state index contributed by atoms with van der Waals surface area (Å²) >= 11 is 0. The van der Waals surface area contributed by atoms with Gasteiger partial charge in [-0.2, -0.15) is 0 Å². The Balaban J connectivity index is 1.98. The van der Waals surface area contributed by atoms with Gasteiger partial charge in [-0.05, 0) is 30.8 Å². The number of benzene rings is 2. The molecular weight excluding hydrogens is 302 g/mol. The quantitative estimate of drug-likeness (QED) is 0.858. The third-order valence-electron chi connectivity index (χ3n) is 3.50. The Morgan fingerprint density at radius 1 is 1.22 bits per heavy atom. The zero-order chi connectivity index (χ0) is 17.0. The predicted octanol–water partition coefficient (Wildman–Crippen LogP) is 2.23. The van der Waals surface area contributed by atoms with Gasteiger partial charge in [0.2, 0.25) is 5.91 Å². The average Bonchev–Trinajstić information content (AvgIpc) is 2.47. The minimum atomic E-state index is -1.06. The number of rotatable bonds is 6. The van der Waals surface area contributed by atoms with Crippen LogP contribution in [0.25, 0.3) is 0 Å². The van der Waals surface area contributed by atoms with Gasteiger partial charge >= 0.3 is 0 Å². The molecule has 0 heterocycles. The Bertz CT molecular complexity index is 689. The largest absolute Gasteiger partial charge is 0.387 e. The van der Waals surface area contributed by atoms with Gasteiger partial charge in [0.25, 0.3) is 0 Å². The molecule has 0 aliphatic rings. The molecule has 0 aliphatic heterocycles. The highest BCUT2D eigenvalue weighted by molar-refractivity contribution is 5.92. The lowest BCUT2D eigenvalue weighted by molar-refractivity contribution is 0.100. The summed E-state index contributed by atoms with van der Waals surface area (Å²) in [5, 5.41) is 10.1. The zero-order valence-electron chi connectivity index (χ0n) is 12.7. The van der Waals surface area contributed by atoms with Gasteiger partial charge in [0, 0.05) is 30.3 Å². The molecule has 0 saturated carbocycles. The van der Waals surface area contributed by atoms with E-state index in [1.807, 2.05) is 0 Å². The van der Waals surface area contributed by atoms with E-state index in [9.17, 15) is 18.7 Å². The molecule has 1 atom stereocenters. The second-order valence-corrected chi connectivity index (χ2v) is 5.44. The van der Waals surface area contributed by atoms with E-state index >= 15 is 0 Å². The van der Waals surface area contributed by atoms with Crippen LogP contribution in [-0.4, -0.2) is 29.5 Å². The molecule has 0 bridgehead atoms. The lowest BCUT2D eigenvalue weighted by Crippen LogP contribution is -2.24. The maximum absolute atomic E-state index is 13.6. The highest BCUT2D eigenvalue weighted by Crippen LogP contribution is 2.19. The number of likely N-dealkylation sites (N-methyl/N-ethyl adjacent to an activating group) is 1. The Kier molecular flexibility index (Phi) is 5.41. The average molecular weight is 320 g/mol. The van der Waals surface area contributed by atoms with E-state index in [1.54, 1.807) is 36.2 Å². The van der Waals surface area contributed by atoms with Crippen LogP contribution in [0.2, 0.25) is 0 Å².